The third kappa shape index (κ3) is 4.10. The number of ether oxygens (including phenoxy) is 1. The van der Waals surface area contributed by atoms with Crippen LogP contribution in [-0.4, -0.2) is 29.8 Å². The van der Waals surface area contributed by atoms with Crippen LogP contribution in [0.4, 0.5) is 0 Å². The van der Waals surface area contributed by atoms with Gasteiger partial charge in [-0.2, -0.15) is 5.10 Å². The Kier molecular flexibility index (Phi) is 5.58. The van der Waals surface area contributed by atoms with Crippen LogP contribution in [-0.2, 0) is 17.6 Å². The molecule has 0 aliphatic rings. The molecule has 0 saturated carbocycles. The Balaban J connectivity index is 1.76. The lowest BCUT2D eigenvalue weighted by molar-refractivity contribution is -0.121. The molecule has 0 saturated heterocycles. The Morgan fingerprint density at radius 3 is 2.73 bits per heavy atom. The fraction of sp³-hybridized carbons (Fsp3) is 0.412. The number of benzene rings is 1. The summed E-state index contributed by atoms with van der Waals surface area (Å²) in [4.78, 5) is 11.9. The molecule has 0 radical (unpaired) electrons. The highest BCUT2D eigenvalue weighted by Crippen LogP contribution is 2.17. The van der Waals surface area contributed by atoms with Crippen molar-refractivity contribution in [2.24, 2.45) is 0 Å². The first-order valence-corrected chi connectivity index (χ1v) is 7.51. The van der Waals surface area contributed by atoms with Gasteiger partial charge in [-0.25, -0.2) is 0 Å². The van der Waals surface area contributed by atoms with Gasteiger partial charge in [0.25, 0.3) is 0 Å². The van der Waals surface area contributed by atoms with E-state index >= 15 is 0 Å². The van der Waals surface area contributed by atoms with Crippen molar-refractivity contribution in [3.63, 3.8) is 0 Å². The van der Waals surface area contributed by atoms with Gasteiger partial charge in [0, 0.05) is 18.7 Å². The Morgan fingerprint density at radius 2 is 2.05 bits per heavy atom. The van der Waals surface area contributed by atoms with Gasteiger partial charge in [0.05, 0.1) is 12.8 Å². The van der Waals surface area contributed by atoms with Gasteiger partial charge >= 0.3 is 0 Å². The second-order valence-corrected chi connectivity index (χ2v) is 5.32. The van der Waals surface area contributed by atoms with E-state index in [1.165, 1.54) is 0 Å². The van der Waals surface area contributed by atoms with Crippen LogP contribution in [0, 0.1) is 13.8 Å². The van der Waals surface area contributed by atoms with E-state index in [0.29, 0.717) is 19.4 Å². The summed E-state index contributed by atoms with van der Waals surface area (Å²) < 4.78 is 5.30. The standard InChI is InChI=1S/C17H23N3O2/c1-12-15(13(2)20-19-12)8-9-17(21)18-11-10-14-6-4-5-7-16(14)22-3/h4-7H,8-11H2,1-3H3,(H,18,21)(H,19,20). The molecule has 0 aliphatic heterocycles. The average molecular weight is 301 g/mol. The predicted octanol–water partition coefficient (Wildman–Crippen LogP) is 2.33. The molecule has 0 bridgehead atoms. The summed E-state index contributed by atoms with van der Waals surface area (Å²) in [5.74, 6) is 0.927. The van der Waals surface area contributed by atoms with Crippen LogP contribution >= 0.6 is 0 Å². The quantitative estimate of drug-likeness (QED) is 0.825. The number of nitrogens with zero attached hydrogens (tertiary/aromatic N) is 1. The van der Waals surface area contributed by atoms with Crippen LogP contribution in [0.15, 0.2) is 24.3 Å². The van der Waals surface area contributed by atoms with Gasteiger partial charge in [0.2, 0.25) is 5.91 Å². The number of carbonyl (C=O) groups excluding carboxylic acids is 1. The van der Waals surface area contributed by atoms with Crippen LogP contribution in [0.25, 0.3) is 0 Å². The number of carbonyl (C=O) groups is 1. The van der Waals surface area contributed by atoms with Crippen molar-refractivity contribution in [1.82, 2.24) is 15.5 Å². The van der Waals surface area contributed by atoms with E-state index in [0.717, 1.165) is 34.7 Å². The van der Waals surface area contributed by atoms with E-state index in [-0.39, 0.29) is 5.91 Å². The zero-order valence-electron chi connectivity index (χ0n) is 13.4. The summed E-state index contributed by atoms with van der Waals surface area (Å²) in [6.45, 7) is 4.55. The largest absolute Gasteiger partial charge is 0.496 e. The van der Waals surface area contributed by atoms with Crippen LogP contribution in [0.1, 0.15) is 28.9 Å². The number of hydrogen-bond acceptors (Lipinski definition) is 3. The maximum absolute atomic E-state index is 11.9. The average Bonchev–Trinajstić information content (AvgIpc) is 2.84. The van der Waals surface area contributed by atoms with Gasteiger partial charge in [0.1, 0.15) is 5.75 Å². The Bertz CT molecular complexity index is 615. The van der Waals surface area contributed by atoms with Gasteiger partial charge < -0.3 is 10.1 Å². The van der Waals surface area contributed by atoms with Crippen LogP contribution < -0.4 is 10.1 Å². The van der Waals surface area contributed by atoms with Gasteiger partial charge in [-0.05, 0) is 43.9 Å². The summed E-state index contributed by atoms with van der Waals surface area (Å²) in [7, 11) is 1.66. The molecule has 1 aromatic heterocycles. The minimum atomic E-state index is 0.0647. The summed E-state index contributed by atoms with van der Waals surface area (Å²) >= 11 is 0. The lowest BCUT2D eigenvalue weighted by Crippen LogP contribution is -2.26. The summed E-state index contributed by atoms with van der Waals surface area (Å²) in [6, 6.07) is 7.87. The molecule has 2 aromatic rings. The summed E-state index contributed by atoms with van der Waals surface area (Å²) in [5.41, 5.74) is 4.25. The zero-order valence-corrected chi connectivity index (χ0v) is 13.4. The number of aromatic nitrogens is 2. The van der Waals surface area contributed by atoms with Gasteiger partial charge in [0.15, 0.2) is 0 Å². The van der Waals surface area contributed by atoms with Gasteiger partial charge in [-0.15, -0.1) is 0 Å². The number of aryl methyl sites for hydroxylation is 2. The number of H-pyrrole nitrogens is 1. The minimum Gasteiger partial charge on any atom is -0.496 e. The number of nitrogens with one attached hydrogen (secondary N) is 2. The number of rotatable bonds is 7. The lowest BCUT2D eigenvalue weighted by Gasteiger charge is -2.09. The third-order valence-electron chi connectivity index (χ3n) is 3.79. The van der Waals surface area contributed by atoms with E-state index in [4.69, 9.17) is 4.74 Å². The normalized spacial score (nSPS) is 10.5. The first-order valence-electron chi connectivity index (χ1n) is 7.51. The number of methoxy groups -OCH3 is 1. The molecule has 0 spiro atoms. The molecule has 0 unspecified atom stereocenters. The molecule has 1 aromatic carbocycles. The SMILES string of the molecule is COc1ccccc1CCNC(=O)CCc1c(C)n[nH]c1C. The number of amides is 1. The first-order chi connectivity index (χ1) is 10.6. The highest BCUT2D eigenvalue weighted by molar-refractivity contribution is 5.76. The fourth-order valence-corrected chi connectivity index (χ4v) is 2.52. The number of para-hydroxylation sites is 1. The molecular formula is C17H23N3O2. The predicted molar refractivity (Wildman–Crippen MR) is 86.1 cm³/mol. The summed E-state index contributed by atoms with van der Waals surface area (Å²) in [6.07, 6.45) is 1.96. The molecule has 118 valence electrons. The third-order valence-corrected chi connectivity index (χ3v) is 3.79. The van der Waals surface area contributed by atoms with Crippen LogP contribution in [0.5, 0.6) is 5.75 Å². The molecule has 0 aliphatic carbocycles. The Hall–Kier alpha value is -2.30. The molecule has 5 nitrogen and oxygen atoms in total. The zero-order chi connectivity index (χ0) is 15.9. The molecular weight excluding hydrogens is 278 g/mol. The maximum atomic E-state index is 11.9. The van der Waals surface area contributed by atoms with E-state index in [1.54, 1.807) is 7.11 Å². The highest BCUT2D eigenvalue weighted by atomic mass is 16.5. The van der Waals surface area contributed by atoms with Crippen molar-refractivity contribution in [2.75, 3.05) is 13.7 Å². The molecule has 0 atom stereocenters. The molecule has 5 heteroatoms. The van der Waals surface area contributed by atoms with Crippen molar-refractivity contribution in [1.29, 1.82) is 0 Å². The maximum Gasteiger partial charge on any atom is 0.220 e. The van der Waals surface area contributed by atoms with Crippen molar-refractivity contribution in [3.05, 3.63) is 46.8 Å². The molecule has 22 heavy (non-hydrogen) atoms. The molecule has 0 fully saturated rings. The van der Waals surface area contributed by atoms with E-state index in [1.807, 2.05) is 38.1 Å². The highest BCUT2D eigenvalue weighted by Gasteiger charge is 2.09. The van der Waals surface area contributed by atoms with Gasteiger partial charge in [-0.1, -0.05) is 18.2 Å². The van der Waals surface area contributed by atoms with Crippen molar-refractivity contribution in [3.8, 4) is 5.75 Å². The summed E-state index contributed by atoms with van der Waals surface area (Å²) in [5, 5.41) is 10.0. The van der Waals surface area contributed by atoms with E-state index < -0.39 is 0 Å². The molecule has 1 heterocycles. The van der Waals surface area contributed by atoms with E-state index in [9.17, 15) is 4.79 Å². The van der Waals surface area contributed by atoms with Crippen molar-refractivity contribution < 1.29 is 9.53 Å². The van der Waals surface area contributed by atoms with E-state index in [2.05, 4.69) is 15.5 Å². The van der Waals surface area contributed by atoms with Crippen molar-refractivity contribution in [2.45, 2.75) is 33.1 Å². The number of aromatic amines is 1. The number of hydrogen-bond donors (Lipinski definition) is 2. The Labute approximate surface area is 131 Å². The first kappa shape index (κ1) is 16.1. The second-order valence-electron chi connectivity index (χ2n) is 5.32. The smallest absolute Gasteiger partial charge is 0.220 e. The van der Waals surface area contributed by atoms with Crippen LogP contribution in [0.2, 0.25) is 0 Å². The lowest BCUT2D eigenvalue weighted by atomic mass is 10.1. The fourth-order valence-electron chi connectivity index (χ4n) is 2.52. The topological polar surface area (TPSA) is 67.0 Å². The second kappa shape index (κ2) is 7.64. The van der Waals surface area contributed by atoms with Crippen molar-refractivity contribution >= 4 is 5.91 Å². The minimum absolute atomic E-state index is 0.0647. The van der Waals surface area contributed by atoms with Crippen LogP contribution in [0.3, 0.4) is 0 Å². The van der Waals surface area contributed by atoms with Gasteiger partial charge in [-0.3, -0.25) is 9.89 Å². The molecule has 2 N–H and O–H groups in total. The monoisotopic (exact) mass is 301 g/mol. The molecule has 1 amide bonds. The Morgan fingerprint density at radius 1 is 1.27 bits per heavy atom. The molecule has 2 rings (SSSR count).